The molecule has 0 radical (unpaired) electrons. The van der Waals surface area contributed by atoms with Gasteiger partial charge in [0.2, 0.25) is 0 Å². The number of anilines is 1. The average molecular weight is 427 g/mol. The van der Waals surface area contributed by atoms with Gasteiger partial charge in [0.15, 0.2) is 6.61 Å². The van der Waals surface area contributed by atoms with Gasteiger partial charge in [0.25, 0.3) is 11.8 Å². The van der Waals surface area contributed by atoms with Crippen molar-refractivity contribution in [2.45, 2.75) is 13.5 Å². The zero-order chi connectivity index (χ0) is 21.4. The summed E-state index contributed by atoms with van der Waals surface area (Å²) in [5, 5.41) is 4.65. The van der Waals surface area contributed by atoms with E-state index in [1.807, 2.05) is 13.0 Å². The lowest BCUT2D eigenvalue weighted by atomic mass is 10.1. The number of benzene rings is 2. The Hall–Kier alpha value is -3.20. The zero-order valence-corrected chi connectivity index (χ0v) is 16.0. The molecule has 29 heavy (non-hydrogen) atoms. The lowest BCUT2D eigenvalue weighted by Crippen LogP contribution is -2.32. The van der Waals surface area contributed by atoms with Gasteiger partial charge in [0.05, 0.1) is 5.02 Å². The molecule has 0 fully saturated rings. The smallest absolute Gasteiger partial charge is 0.387 e. The Balaban J connectivity index is 1.76. The van der Waals surface area contributed by atoms with Crippen molar-refractivity contribution in [3.05, 3.63) is 58.6 Å². The van der Waals surface area contributed by atoms with Crippen LogP contribution in [0.15, 0.2) is 42.5 Å². The van der Waals surface area contributed by atoms with Crippen molar-refractivity contribution in [1.82, 2.24) is 5.32 Å². The molecule has 0 heterocycles. The number of amides is 2. The quantitative estimate of drug-likeness (QED) is 0.632. The van der Waals surface area contributed by atoms with Gasteiger partial charge in [0.1, 0.15) is 12.3 Å². The molecule has 0 spiro atoms. The van der Waals surface area contributed by atoms with Crippen LogP contribution in [0.4, 0.5) is 14.5 Å². The summed E-state index contributed by atoms with van der Waals surface area (Å²) in [5.41, 5.74) is 1.49. The summed E-state index contributed by atoms with van der Waals surface area (Å²) in [6.45, 7) is -2.22. The first kappa shape index (κ1) is 22.1. The van der Waals surface area contributed by atoms with E-state index in [1.165, 1.54) is 12.1 Å². The number of carbonyl (C=O) groups is 3. The van der Waals surface area contributed by atoms with Crippen LogP contribution in [0.5, 0.6) is 5.75 Å². The molecule has 0 aliphatic rings. The summed E-state index contributed by atoms with van der Waals surface area (Å²) in [6.07, 6.45) is 0. The predicted octanol–water partition coefficient (Wildman–Crippen LogP) is 3.16. The Labute approximate surface area is 169 Å². The van der Waals surface area contributed by atoms with Gasteiger partial charge < -0.3 is 20.1 Å². The molecule has 2 aromatic carbocycles. The second-order valence-electron chi connectivity index (χ2n) is 5.78. The SMILES string of the molecule is Cc1cccc(C(=O)NCC(=O)OCC(=O)Nc2ccc(OC(F)F)c(Cl)c2)c1. The Kier molecular flexibility index (Phi) is 7.90. The molecule has 0 saturated heterocycles. The second kappa shape index (κ2) is 10.4. The van der Waals surface area contributed by atoms with E-state index in [2.05, 4.69) is 15.4 Å². The molecule has 0 aromatic heterocycles. The Morgan fingerprint density at radius 2 is 1.90 bits per heavy atom. The van der Waals surface area contributed by atoms with Gasteiger partial charge in [-0.25, -0.2) is 0 Å². The number of ether oxygens (including phenoxy) is 2. The van der Waals surface area contributed by atoms with Crippen molar-refractivity contribution in [2.75, 3.05) is 18.5 Å². The van der Waals surface area contributed by atoms with Crippen molar-refractivity contribution < 1.29 is 32.6 Å². The van der Waals surface area contributed by atoms with E-state index >= 15 is 0 Å². The van der Waals surface area contributed by atoms with Crippen molar-refractivity contribution in [2.24, 2.45) is 0 Å². The molecule has 2 amide bonds. The third-order valence-corrected chi connectivity index (χ3v) is 3.76. The molecule has 7 nitrogen and oxygen atoms in total. The van der Waals surface area contributed by atoms with Gasteiger partial charge in [-0.3, -0.25) is 14.4 Å². The van der Waals surface area contributed by atoms with Crippen LogP contribution in [-0.4, -0.2) is 37.5 Å². The third kappa shape index (κ3) is 7.38. The van der Waals surface area contributed by atoms with Crippen LogP contribution in [-0.2, 0) is 14.3 Å². The van der Waals surface area contributed by atoms with Crippen molar-refractivity contribution >= 4 is 35.1 Å². The number of esters is 1. The van der Waals surface area contributed by atoms with E-state index in [4.69, 9.17) is 16.3 Å². The standard InChI is InChI=1S/C19H17ClF2N2O5/c1-11-3-2-4-12(7-11)18(27)23-9-17(26)28-10-16(25)24-13-5-6-15(14(20)8-13)29-19(21)22/h2-8,19H,9-10H2,1H3,(H,23,27)(H,24,25). The topological polar surface area (TPSA) is 93.7 Å². The van der Waals surface area contributed by atoms with Gasteiger partial charge in [-0.05, 0) is 37.3 Å². The molecule has 10 heteroatoms. The van der Waals surface area contributed by atoms with E-state index in [9.17, 15) is 23.2 Å². The summed E-state index contributed by atoms with van der Waals surface area (Å²) >= 11 is 5.78. The highest BCUT2D eigenvalue weighted by Crippen LogP contribution is 2.28. The van der Waals surface area contributed by atoms with Gasteiger partial charge in [-0.15, -0.1) is 0 Å². The van der Waals surface area contributed by atoms with Crippen LogP contribution >= 0.6 is 11.6 Å². The highest BCUT2D eigenvalue weighted by Gasteiger charge is 2.13. The molecule has 0 aliphatic carbocycles. The number of aryl methyl sites for hydroxylation is 1. The van der Waals surface area contributed by atoms with Crippen LogP contribution in [0.25, 0.3) is 0 Å². The van der Waals surface area contributed by atoms with Crippen molar-refractivity contribution in [3.63, 3.8) is 0 Å². The highest BCUT2D eigenvalue weighted by molar-refractivity contribution is 6.32. The van der Waals surface area contributed by atoms with Gasteiger partial charge in [-0.1, -0.05) is 29.3 Å². The minimum Gasteiger partial charge on any atom is -0.454 e. The molecule has 154 valence electrons. The van der Waals surface area contributed by atoms with E-state index in [-0.39, 0.29) is 16.5 Å². The van der Waals surface area contributed by atoms with Gasteiger partial charge in [-0.2, -0.15) is 8.78 Å². The summed E-state index contributed by atoms with van der Waals surface area (Å²) in [6, 6.07) is 10.5. The molecule has 0 bridgehead atoms. The fourth-order valence-electron chi connectivity index (χ4n) is 2.21. The van der Waals surface area contributed by atoms with Crippen molar-refractivity contribution in [1.29, 1.82) is 0 Å². The van der Waals surface area contributed by atoms with Crippen LogP contribution < -0.4 is 15.4 Å². The summed E-state index contributed by atoms with van der Waals surface area (Å²) < 4.78 is 33.3. The first-order chi connectivity index (χ1) is 13.7. The maximum Gasteiger partial charge on any atom is 0.387 e. The van der Waals surface area contributed by atoms with E-state index in [0.29, 0.717) is 5.56 Å². The molecule has 0 aliphatic heterocycles. The molecule has 0 saturated carbocycles. The van der Waals surface area contributed by atoms with Crippen LogP contribution in [0, 0.1) is 6.92 Å². The lowest BCUT2D eigenvalue weighted by molar-refractivity contribution is -0.146. The summed E-state index contributed by atoms with van der Waals surface area (Å²) in [4.78, 5) is 35.4. The fourth-order valence-corrected chi connectivity index (χ4v) is 2.43. The maximum absolute atomic E-state index is 12.2. The van der Waals surface area contributed by atoms with E-state index in [1.54, 1.807) is 18.2 Å². The normalized spacial score (nSPS) is 10.4. The summed E-state index contributed by atoms with van der Waals surface area (Å²) in [7, 11) is 0. The van der Waals surface area contributed by atoms with Gasteiger partial charge in [0, 0.05) is 11.3 Å². The average Bonchev–Trinajstić information content (AvgIpc) is 2.66. The Morgan fingerprint density at radius 3 is 2.55 bits per heavy atom. The molecular formula is C19H17ClF2N2O5. The second-order valence-corrected chi connectivity index (χ2v) is 6.19. The minimum atomic E-state index is -3.03. The monoisotopic (exact) mass is 426 g/mol. The summed E-state index contributed by atoms with van der Waals surface area (Å²) in [5.74, 6) is -2.17. The number of carbonyl (C=O) groups excluding carboxylic acids is 3. The zero-order valence-electron chi connectivity index (χ0n) is 15.2. The first-order valence-corrected chi connectivity index (χ1v) is 8.67. The van der Waals surface area contributed by atoms with Crippen LogP contribution in [0.1, 0.15) is 15.9 Å². The number of rotatable bonds is 8. The third-order valence-electron chi connectivity index (χ3n) is 3.47. The Bertz CT molecular complexity index is 908. The number of alkyl halides is 2. The molecule has 0 atom stereocenters. The number of halogens is 3. The van der Waals surface area contributed by atoms with Crippen molar-refractivity contribution in [3.8, 4) is 5.75 Å². The Morgan fingerprint density at radius 1 is 1.14 bits per heavy atom. The van der Waals surface area contributed by atoms with Crippen LogP contribution in [0.2, 0.25) is 5.02 Å². The lowest BCUT2D eigenvalue weighted by Gasteiger charge is -2.10. The van der Waals surface area contributed by atoms with Crippen LogP contribution in [0.3, 0.4) is 0 Å². The van der Waals surface area contributed by atoms with E-state index < -0.39 is 37.5 Å². The van der Waals surface area contributed by atoms with Gasteiger partial charge >= 0.3 is 12.6 Å². The largest absolute Gasteiger partial charge is 0.454 e. The minimum absolute atomic E-state index is 0.126. The predicted molar refractivity (Wildman–Crippen MR) is 101 cm³/mol. The first-order valence-electron chi connectivity index (χ1n) is 8.29. The molecule has 2 rings (SSSR count). The number of hydrogen-bond acceptors (Lipinski definition) is 5. The molecular weight excluding hydrogens is 410 g/mol. The maximum atomic E-state index is 12.2. The molecule has 2 N–H and O–H groups in total. The highest BCUT2D eigenvalue weighted by atomic mass is 35.5. The van der Waals surface area contributed by atoms with E-state index in [0.717, 1.165) is 11.6 Å². The number of nitrogens with one attached hydrogen (secondary N) is 2. The molecule has 2 aromatic rings. The fraction of sp³-hybridized carbons (Fsp3) is 0.211. The number of hydrogen-bond donors (Lipinski definition) is 2. The molecule has 0 unspecified atom stereocenters.